The standard InChI is InChI=1S/C23H19ClN2O3/c1-26(21-10-6-5-9-19(21)24)18-13-11-16(12-14-18)15-20(23(28)29)25-22(27)17-7-3-2-4-8-17/h2-15H,1H3,(H,25,27)(H,28,29)/b20-15-. The van der Waals surface area contributed by atoms with Crippen LogP contribution in [-0.4, -0.2) is 24.0 Å². The summed E-state index contributed by atoms with van der Waals surface area (Å²) in [5, 5.41) is 12.5. The van der Waals surface area contributed by atoms with Gasteiger partial charge in [-0.05, 0) is 48.0 Å². The molecule has 0 atom stereocenters. The minimum atomic E-state index is -1.22. The number of rotatable bonds is 6. The lowest BCUT2D eigenvalue weighted by Gasteiger charge is -2.20. The number of para-hydroxylation sites is 1. The van der Waals surface area contributed by atoms with Crippen molar-refractivity contribution in [1.82, 2.24) is 5.32 Å². The van der Waals surface area contributed by atoms with Crippen LogP contribution in [0.3, 0.4) is 0 Å². The van der Waals surface area contributed by atoms with Crippen molar-refractivity contribution in [3.05, 3.63) is 101 Å². The molecule has 29 heavy (non-hydrogen) atoms. The number of nitrogens with zero attached hydrogens (tertiary/aromatic N) is 1. The molecule has 0 fully saturated rings. The Morgan fingerprint density at radius 1 is 0.931 bits per heavy atom. The number of amides is 1. The maximum atomic E-state index is 12.2. The molecule has 0 spiro atoms. The van der Waals surface area contributed by atoms with E-state index in [9.17, 15) is 14.7 Å². The van der Waals surface area contributed by atoms with Crippen LogP contribution in [0.15, 0.2) is 84.6 Å². The lowest BCUT2D eigenvalue weighted by Crippen LogP contribution is -2.27. The van der Waals surface area contributed by atoms with Gasteiger partial charge in [0.2, 0.25) is 0 Å². The van der Waals surface area contributed by atoms with Crippen LogP contribution in [0.25, 0.3) is 6.08 Å². The van der Waals surface area contributed by atoms with E-state index in [1.807, 2.05) is 48.3 Å². The van der Waals surface area contributed by atoms with Crippen molar-refractivity contribution >= 4 is 40.9 Å². The van der Waals surface area contributed by atoms with Crippen molar-refractivity contribution in [3.63, 3.8) is 0 Å². The first-order valence-electron chi connectivity index (χ1n) is 8.85. The maximum absolute atomic E-state index is 12.2. The number of aliphatic carboxylic acids is 1. The number of hydrogen-bond acceptors (Lipinski definition) is 3. The molecule has 0 unspecified atom stereocenters. The number of anilines is 2. The van der Waals surface area contributed by atoms with Crippen molar-refractivity contribution in [2.24, 2.45) is 0 Å². The largest absolute Gasteiger partial charge is 0.477 e. The second-order valence-electron chi connectivity index (χ2n) is 6.29. The highest BCUT2D eigenvalue weighted by atomic mass is 35.5. The molecule has 0 bridgehead atoms. The molecule has 5 nitrogen and oxygen atoms in total. The summed E-state index contributed by atoms with van der Waals surface area (Å²) in [6.07, 6.45) is 1.42. The topological polar surface area (TPSA) is 69.6 Å². The highest BCUT2D eigenvalue weighted by Crippen LogP contribution is 2.30. The lowest BCUT2D eigenvalue weighted by atomic mass is 10.1. The van der Waals surface area contributed by atoms with E-state index in [1.165, 1.54) is 6.08 Å². The highest BCUT2D eigenvalue weighted by Gasteiger charge is 2.13. The first kappa shape index (κ1) is 20.2. The number of carbonyl (C=O) groups excluding carboxylic acids is 1. The molecule has 3 aromatic carbocycles. The van der Waals surface area contributed by atoms with Crippen LogP contribution in [0, 0.1) is 0 Å². The molecule has 3 aromatic rings. The maximum Gasteiger partial charge on any atom is 0.352 e. The van der Waals surface area contributed by atoms with Gasteiger partial charge in [-0.2, -0.15) is 0 Å². The van der Waals surface area contributed by atoms with Gasteiger partial charge in [0.05, 0.1) is 10.7 Å². The highest BCUT2D eigenvalue weighted by molar-refractivity contribution is 6.33. The van der Waals surface area contributed by atoms with Crippen molar-refractivity contribution in [1.29, 1.82) is 0 Å². The third-order valence-electron chi connectivity index (χ3n) is 4.32. The van der Waals surface area contributed by atoms with Crippen LogP contribution < -0.4 is 10.2 Å². The van der Waals surface area contributed by atoms with Crippen LogP contribution in [0.2, 0.25) is 5.02 Å². The number of hydrogen-bond donors (Lipinski definition) is 2. The van der Waals surface area contributed by atoms with E-state index in [2.05, 4.69) is 5.32 Å². The number of carbonyl (C=O) groups is 2. The molecule has 0 heterocycles. The number of nitrogens with one attached hydrogen (secondary N) is 1. The summed E-state index contributed by atoms with van der Waals surface area (Å²) in [5.74, 6) is -1.69. The Hall–Kier alpha value is -3.57. The first-order chi connectivity index (χ1) is 14.0. The molecular formula is C23H19ClN2O3. The van der Waals surface area contributed by atoms with Crippen LogP contribution in [0.5, 0.6) is 0 Å². The van der Waals surface area contributed by atoms with Gasteiger partial charge in [-0.3, -0.25) is 4.79 Å². The van der Waals surface area contributed by atoms with Gasteiger partial charge in [-0.1, -0.05) is 54.1 Å². The van der Waals surface area contributed by atoms with Crippen molar-refractivity contribution < 1.29 is 14.7 Å². The summed E-state index contributed by atoms with van der Waals surface area (Å²) in [5.41, 5.74) is 2.58. The van der Waals surface area contributed by atoms with E-state index < -0.39 is 11.9 Å². The van der Waals surface area contributed by atoms with E-state index in [-0.39, 0.29) is 5.70 Å². The Bertz CT molecular complexity index is 1050. The molecule has 0 saturated carbocycles. The van der Waals surface area contributed by atoms with Crippen molar-refractivity contribution in [2.45, 2.75) is 0 Å². The molecule has 3 rings (SSSR count). The fraction of sp³-hybridized carbons (Fsp3) is 0.0435. The van der Waals surface area contributed by atoms with Crippen LogP contribution in [0.4, 0.5) is 11.4 Å². The molecular weight excluding hydrogens is 388 g/mol. The van der Waals surface area contributed by atoms with Crippen molar-refractivity contribution in [2.75, 3.05) is 11.9 Å². The Balaban J connectivity index is 1.80. The monoisotopic (exact) mass is 406 g/mol. The second kappa shape index (κ2) is 9.08. The van der Waals surface area contributed by atoms with Gasteiger partial charge in [0.1, 0.15) is 5.70 Å². The predicted molar refractivity (Wildman–Crippen MR) is 115 cm³/mol. The molecule has 0 aliphatic rings. The zero-order valence-electron chi connectivity index (χ0n) is 15.7. The normalized spacial score (nSPS) is 11.0. The van der Waals surface area contributed by atoms with E-state index in [0.717, 1.165) is 11.4 Å². The Kier molecular flexibility index (Phi) is 6.32. The summed E-state index contributed by atoms with van der Waals surface area (Å²) in [7, 11) is 1.90. The summed E-state index contributed by atoms with van der Waals surface area (Å²) in [6.45, 7) is 0. The summed E-state index contributed by atoms with van der Waals surface area (Å²) >= 11 is 6.25. The number of halogens is 1. The Morgan fingerprint density at radius 3 is 2.17 bits per heavy atom. The summed E-state index contributed by atoms with van der Waals surface area (Å²) < 4.78 is 0. The van der Waals surface area contributed by atoms with E-state index in [0.29, 0.717) is 16.1 Å². The molecule has 0 saturated heterocycles. The van der Waals surface area contributed by atoms with E-state index in [4.69, 9.17) is 11.6 Å². The van der Waals surface area contributed by atoms with Gasteiger partial charge >= 0.3 is 5.97 Å². The predicted octanol–water partition coefficient (Wildman–Crippen LogP) is 4.96. The Labute approximate surface area is 173 Å². The minimum Gasteiger partial charge on any atom is -0.477 e. The number of benzene rings is 3. The molecule has 0 radical (unpaired) electrons. The fourth-order valence-electron chi connectivity index (χ4n) is 2.76. The molecule has 6 heteroatoms. The minimum absolute atomic E-state index is 0.203. The SMILES string of the molecule is CN(c1ccc(/C=C(\NC(=O)c2ccccc2)C(=O)O)cc1)c1ccccc1Cl. The van der Waals surface area contributed by atoms with E-state index >= 15 is 0 Å². The van der Waals surface area contributed by atoms with Crippen molar-refractivity contribution in [3.8, 4) is 0 Å². The Morgan fingerprint density at radius 2 is 1.55 bits per heavy atom. The van der Waals surface area contributed by atoms with Gasteiger partial charge in [-0.25, -0.2) is 4.79 Å². The van der Waals surface area contributed by atoms with Gasteiger partial charge in [0.15, 0.2) is 0 Å². The van der Waals surface area contributed by atoms with Gasteiger partial charge < -0.3 is 15.3 Å². The third kappa shape index (κ3) is 5.03. The third-order valence-corrected chi connectivity index (χ3v) is 4.64. The molecule has 146 valence electrons. The quantitative estimate of drug-likeness (QED) is 0.567. The first-order valence-corrected chi connectivity index (χ1v) is 9.23. The van der Waals surface area contributed by atoms with Gasteiger partial charge in [-0.15, -0.1) is 0 Å². The zero-order chi connectivity index (χ0) is 20.8. The van der Waals surface area contributed by atoms with E-state index in [1.54, 1.807) is 42.5 Å². The number of carboxylic acids is 1. The molecule has 0 aliphatic heterocycles. The fourth-order valence-corrected chi connectivity index (χ4v) is 3.02. The average Bonchev–Trinajstić information content (AvgIpc) is 2.74. The molecule has 2 N–H and O–H groups in total. The number of carboxylic acid groups (broad SMARTS) is 1. The van der Waals surface area contributed by atoms with Crippen LogP contribution in [-0.2, 0) is 4.79 Å². The molecule has 1 amide bonds. The molecule has 0 aliphatic carbocycles. The molecule has 0 aromatic heterocycles. The zero-order valence-corrected chi connectivity index (χ0v) is 16.4. The second-order valence-corrected chi connectivity index (χ2v) is 6.69. The summed E-state index contributed by atoms with van der Waals surface area (Å²) in [4.78, 5) is 25.7. The van der Waals surface area contributed by atoms with Gasteiger partial charge in [0.25, 0.3) is 5.91 Å². The smallest absolute Gasteiger partial charge is 0.352 e. The summed E-state index contributed by atoms with van der Waals surface area (Å²) in [6, 6.07) is 23.2. The van der Waals surface area contributed by atoms with Gasteiger partial charge in [0, 0.05) is 18.3 Å². The van der Waals surface area contributed by atoms with Crippen LogP contribution in [0.1, 0.15) is 15.9 Å². The average molecular weight is 407 g/mol. The van der Waals surface area contributed by atoms with Crippen LogP contribution >= 0.6 is 11.6 Å². The lowest BCUT2D eigenvalue weighted by molar-refractivity contribution is -0.132.